The quantitative estimate of drug-likeness (QED) is 0.541. The fourth-order valence-corrected chi connectivity index (χ4v) is 6.62. The van der Waals surface area contributed by atoms with Crippen molar-refractivity contribution in [3.8, 4) is 0 Å². The molecule has 4 saturated carbocycles. The normalized spacial score (nSPS) is 63.7. The van der Waals surface area contributed by atoms with E-state index in [1.807, 2.05) is 0 Å². The SMILES string of the molecule is CC1C(C)C2CC1C1C3CC(C(O)O)C(C3)C21. The Morgan fingerprint density at radius 2 is 1.47 bits per heavy atom. The molecule has 4 aliphatic carbocycles. The van der Waals surface area contributed by atoms with E-state index in [1.165, 1.54) is 12.8 Å². The molecule has 17 heavy (non-hydrogen) atoms. The molecule has 0 aromatic heterocycles. The number of hydrogen-bond donors (Lipinski definition) is 2. The molecule has 0 aromatic rings. The molecule has 4 bridgehead atoms. The van der Waals surface area contributed by atoms with Crippen LogP contribution in [0.3, 0.4) is 0 Å². The lowest BCUT2D eigenvalue weighted by atomic mass is 9.62. The van der Waals surface area contributed by atoms with E-state index in [1.54, 1.807) is 0 Å². The molecule has 4 fully saturated rings. The number of fused-ring (bicyclic) bond motifs is 9. The summed E-state index contributed by atoms with van der Waals surface area (Å²) in [6.45, 7) is 4.89. The van der Waals surface area contributed by atoms with Gasteiger partial charge in [0.1, 0.15) is 0 Å². The first-order valence-corrected chi connectivity index (χ1v) is 7.45. The maximum atomic E-state index is 9.54. The van der Waals surface area contributed by atoms with Gasteiger partial charge in [-0.05, 0) is 66.6 Å². The van der Waals surface area contributed by atoms with Crippen molar-refractivity contribution < 1.29 is 10.2 Å². The highest BCUT2D eigenvalue weighted by Crippen LogP contribution is 2.71. The monoisotopic (exact) mass is 236 g/mol. The third-order valence-corrected chi connectivity index (χ3v) is 7.28. The Morgan fingerprint density at radius 3 is 2.12 bits per heavy atom. The second-order valence-electron chi connectivity index (χ2n) is 7.41. The van der Waals surface area contributed by atoms with Gasteiger partial charge in [-0.15, -0.1) is 0 Å². The van der Waals surface area contributed by atoms with Crippen LogP contribution >= 0.6 is 0 Å². The van der Waals surface area contributed by atoms with Gasteiger partial charge in [0.15, 0.2) is 6.29 Å². The first kappa shape index (κ1) is 10.8. The minimum absolute atomic E-state index is 0.197. The lowest BCUT2D eigenvalue weighted by molar-refractivity contribution is -0.117. The molecule has 4 aliphatic rings. The van der Waals surface area contributed by atoms with E-state index in [-0.39, 0.29) is 5.92 Å². The molecule has 2 N–H and O–H groups in total. The molecule has 0 aliphatic heterocycles. The van der Waals surface area contributed by atoms with Crippen LogP contribution in [0.5, 0.6) is 0 Å². The van der Waals surface area contributed by atoms with E-state index < -0.39 is 6.29 Å². The van der Waals surface area contributed by atoms with Gasteiger partial charge < -0.3 is 10.2 Å². The summed E-state index contributed by atoms with van der Waals surface area (Å²) in [6, 6.07) is 0. The number of aliphatic hydroxyl groups excluding tert-OH is 1. The molecule has 2 heteroatoms. The summed E-state index contributed by atoms with van der Waals surface area (Å²) in [6.07, 6.45) is 2.77. The number of rotatable bonds is 1. The average molecular weight is 236 g/mol. The molecule has 0 amide bonds. The molecule has 96 valence electrons. The summed E-state index contributed by atoms with van der Waals surface area (Å²) < 4.78 is 0. The van der Waals surface area contributed by atoms with E-state index in [0.29, 0.717) is 5.92 Å². The predicted molar refractivity (Wildman–Crippen MR) is 64.8 cm³/mol. The Hall–Kier alpha value is -0.0800. The van der Waals surface area contributed by atoms with Gasteiger partial charge in [-0.3, -0.25) is 0 Å². The van der Waals surface area contributed by atoms with E-state index in [9.17, 15) is 10.2 Å². The van der Waals surface area contributed by atoms with Gasteiger partial charge >= 0.3 is 0 Å². The molecule has 9 unspecified atom stereocenters. The van der Waals surface area contributed by atoms with E-state index in [0.717, 1.165) is 47.8 Å². The summed E-state index contributed by atoms with van der Waals surface area (Å²) in [5.74, 6) is 7.10. The van der Waals surface area contributed by atoms with Crippen molar-refractivity contribution in [2.75, 3.05) is 0 Å². The van der Waals surface area contributed by atoms with Crippen LogP contribution in [0, 0.1) is 53.3 Å². The maximum absolute atomic E-state index is 9.54. The highest BCUT2D eigenvalue weighted by molar-refractivity contribution is 5.13. The minimum atomic E-state index is -1.06. The van der Waals surface area contributed by atoms with Crippen LogP contribution in [0.15, 0.2) is 0 Å². The van der Waals surface area contributed by atoms with Crippen LogP contribution in [0.4, 0.5) is 0 Å². The zero-order chi connectivity index (χ0) is 11.9. The van der Waals surface area contributed by atoms with Crippen molar-refractivity contribution in [1.82, 2.24) is 0 Å². The van der Waals surface area contributed by atoms with Crippen molar-refractivity contribution in [3.63, 3.8) is 0 Å². The van der Waals surface area contributed by atoms with E-state index in [2.05, 4.69) is 13.8 Å². The fraction of sp³-hybridized carbons (Fsp3) is 1.00. The van der Waals surface area contributed by atoms with Crippen molar-refractivity contribution in [1.29, 1.82) is 0 Å². The molecule has 0 aromatic carbocycles. The highest BCUT2D eigenvalue weighted by atomic mass is 16.5. The molecule has 2 nitrogen and oxygen atoms in total. The zero-order valence-corrected chi connectivity index (χ0v) is 10.8. The first-order chi connectivity index (χ1) is 8.09. The largest absolute Gasteiger partial charge is 0.368 e. The molecule has 0 saturated heterocycles. The van der Waals surface area contributed by atoms with Gasteiger partial charge in [-0.25, -0.2) is 0 Å². The third-order valence-electron chi connectivity index (χ3n) is 7.28. The van der Waals surface area contributed by atoms with Crippen molar-refractivity contribution in [3.05, 3.63) is 0 Å². The summed E-state index contributed by atoms with van der Waals surface area (Å²) in [4.78, 5) is 0. The van der Waals surface area contributed by atoms with Gasteiger partial charge in [0.05, 0.1) is 0 Å². The third kappa shape index (κ3) is 1.14. The lowest BCUT2D eigenvalue weighted by Gasteiger charge is -2.43. The van der Waals surface area contributed by atoms with Crippen molar-refractivity contribution in [2.45, 2.75) is 39.4 Å². The van der Waals surface area contributed by atoms with Crippen LogP contribution in [-0.2, 0) is 0 Å². The summed E-state index contributed by atoms with van der Waals surface area (Å²) in [7, 11) is 0. The first-order valence-electron chi connectivity index (χ1n) is 7.45. The lowest BCUT2D eigenvalue weighted by Crippen LogP contribution is -2.41. The van der Waals surface area contributed by atoms with Gasteiger partial charge in [-0.2, -0.15) is 0 Å². The topological polar surface area (TPSA) is 40.5 Å². The zero-order valence-electron chi connectivity index (χ0n) is 10.8. The van der Waals surface area contributed by atoms with Crippen LogP contribution in [0.2, 0.25) is 0 Å². The van der Waals surface area contributed by atoms with Gasteiger partial charge in [0.2, 0.25) is 0 Å². The number of aliphatic hydroxyl groups is 2. The van der Waals surface area contributed by atoms with Gasteiger partial charge in [0, 0.05) is 5.92 Å². The number of hydrogen-bond acceptors (Lipinski definition) is 2. The summed E-state index contributed by atoms with van der Waals surface area (Å²) >= 11 is 0. The molecular weight excluding hydrogens is 212 g/mol. The van der Waals surface area contributed by atoms with Gasteiger partial charge in [-0.1, -0.05) is 13.8 Å². The van der Waals surface area contributed by atoms with Gasteiger partial charge in [0.25, 0.3) is 0 Å². The average Bonchev–Trinajstić information content (AvgIpc) is 2.98. The van der Waals surface area contributed by atoms with Crippen molar-refractivity contribution in [2.24, 2.45) is 53.3 Å². The molecule has 4 rings (SSSR count). The molecule has 9 atom stereocenters. The predicted octanol–water partition coefficient (Wildman–Crippen LogP) is 2.11. The smallest absolute Gasteiger partial charge is 0.154 e. The Balaban J connectivity index is 1.66. The Morgan fingerprint density at radius 1 is 0.824 bits per heavy atom. The van der Waals surface area contributed by atoms with Crippen LogP contribution in [0.25, 0.3) is 0 Å². The maximum Gasteiger partial charge on any atom is 0.154 e. The summed E-state index contributed by atoms with van der Waals surface area (Å²) in [5, 5.41) is 19.1. The Kier molecular flexibility index (Phi) is 2.08. The minimum Gasteiger partial charge on any atom is -0.368 e. The van der Waals surface area contributed by atoms with Crippen LogP contribution < -0.4 is 0 Å². The molecule has 0 spiro atoms. The van der Waals surface area contributed by atoms with E-state index in [4.69, 9.17) is 0 Å². The summed E-state index contributed by atoms with van der Waals surface area (Å²) in [5.41, 5.74) is 0. The molecule has 0 radical (unpaired) electrons. The highest BCUT2D eigenvalue weighted by Gasteiger charge is 2.66. The van der Waals surface area contributed by atoms with Crippen LogP contribution in [0.1, 0.15) is 33.1 Å². The van der Waals surface area contributed by atoms with Crippen molar-refractivity contribution >= 4 is 0 Å². The van der Waals surface area contributed by atoms with E-state index >= 15 is 0 Å². The second-order valence-corrected chi connectivity index (χ2v) is 7.41. The standard InChI is InChI=1S/C15H24O2/c1-6-7(2)10-5-9(6)13-8-3-11(14(10)13)12(4-8)15(16)17/h6-17H,3-5H2,1-2H3. The second kappa shape index (κ2) is 3.27. The molecule has 0 heterocycles. The van der Waals surface area contributed by atoms with Crippen LogP contribution in [-0.4, -0.2) is 16.5 Å². The molecular formula is C15H24O2. The Bertz CT molecular complexity index is 340. The Labute approximate surface area is 103 Å². The fourth-order valence-electron chi connectivity index (χ4n) is 6.62.